The Kier molecular flexibility index (Phi) is 6.83. The monoisotopic (exact) mass is 473 g/mol. The van der Waals surface area contributed by atoms with Gasteiger partial charge in [-0.1, -0.05) is 6.07 Å². The van der Waals surface area contributed by atoms with Gasteiger partial charge < -0.3 is 10.1 Å². The van der Waals surface area contributed by atoms with Crippen molar-refractivity contribution in [3.8, 4) is 22.4 Å². The zero-order valence-corrected chi connectivity index (χ0v) is 19.7. The number of morpholine rings is 1. The number of hydrogen-bond acceptors (Lipinski definition) is 5. The summed E-state index contributed by atoms with van der Waals surface area (Å²) in [5.74, 6) is -0.399. The van der Waals surface area contributed by atoms with Crippen molar-refractivity contribution in [2.75, 3.05) is 39.4 Å². The number of ether oxygens (including phenoxy) is 1. The fraction of sp³-hybridized carbons (Fsp3) is 0.296. The Bertz CT molecular complexity index is 1350. The van der Waals surface area contributed by atoms with E-state index in [0.717, 1.165) is 61.7 Å². The predicted octanol–water partition coefficient (Wildman–Crippen LogP) is 3.96. The van der Waals surface area contributed by atoms with Crippen molar-refractivity contribution in [3.63, 3.8) is 0 Å². The normalized spacial score (nSPS) is 14.3. The number of aromatic nitrogens is 3. The highest BCUT2D eigenvalue weighted by atomic mass is 19.1. The van der Waals surface area contributed by atoms with Crippen LogP contribution in [0.4, 0.5) is 4.39 Å². The highest BCUT2D eigenvalue weighted by Gasteiger charge is 2.16. The van der Waals surface area contributed by atoms with E-state index in [1.807, 2.05) is 30.5 Å². The fourth-order valence-corrected chi connectivity index (χ4v) is 4.39. The molecule has 1 aliphatic heterocycles. The number of fused-ring (bicyclic) bond motifs is 1. The number of benzene rings is 1. The van der Waals surface area contributed by atoms with Crippen molar-refractivity contribution < 1.29 is 13.9 Å². The molecule has 1 amide bonds. The number of nitrogens with one attached hydrogen (secondary N) is 1. The molecule has 35 heavy (non-hydrogen) atoms. The second kappa shape index (κ2) is 10.3. The van der Waals surface area contributed by atoms with Crippen LogP contribution in [0.5, 0.6) is 0 Å². The van der Waals surface area contributed by atoms with Crippen LogP contribution >= 0.6 is 0 Å². The molecule has 0 atom stereocenters. The molecule has 1 fully saturated rings. The molecule has 1 aliphatic rings. The molecule has 8 heteroatoms. The lowest BCUT2D eigenvalue weighted by molar-refractivity contribution is 0.0374. The van der Waals surface area contributed by atoms with E-state index in [1.165, 1.54) is 6.07 Å². The quantitative estimate of drug-likeness (QED) is 0.412. The molecule has 0 bridgehead atoms. The third-order valence-corrected chi connectivity index (χ3v) is 6.33. The molecule has 4 heterocycles. The van der Waals surface area contributed by atoms with E-state index >= 15 is 0 Å². The number of nitrogens with zero attached hydrogens (tertiary/aromatic N) is 4. The number of carbonyl (C=O) groups is 1. The van der Waals surface area contributed by atoms with Gasteiger partial charge in [-0.05, 0) is 61.9 Å². The van der Waals surface area contributed by atoms with Crippen LogP contribution in [0.2, 0.25) is 0 Å². The first-order valence-corrected chi connectivity index (χ1v) is 11.9. The number of imidazole rings is 1. The van der Waals surface area contributed by atoms with Gasteiger partial charge in [-0.25, -0.2) is 9.37 Å². The van der Waals surface area contributed by atoms with Gasteiger partial charge >= 0.3 is 0 Å². The lowest BCUT2D eigenvalue weighted by Crippen LogP contribution is -2.38. The molecule has 1 saturated heterocycles. The van der Waals surface area contributed by atoms with Crippen LogP contribution in [-0.2, 0) is 4.74 Å². The minimum Gasteiger partial charge on any atom is -0.379 e. The maximum absolute atomic E-state index is 13.8. The van der Waals surface area contributed by atoms with Crippen LogP contribution in [0.3, 0.4) is 0 Å². The number of amides is 1. The van der Waals surface area contributed by atoms with Crippen molar-refractivity contribution in [2.24, 2.45) is 0 Å². The largest absolute Gasteiger partial charge is 0.379 e. The van der Waals surface area contributed by atoms with E-state index < -0.39 is 0 Å². The molecular formula is C27H28FN5O2. The average molecular weight is 474 g/mol. The third kappa shape index (κ3) is 5.08. The topological polar surface area (TPSA) is 71.8 Å². The van der Waals surface area contributed by atoms with Gasteiger partial charge in [0.25, 0.3) is 5.91 Å². The zero-order valence-electron chi connectivity index (χ0n) is 19.7. The third-order valence-electron chi connectivity index (χ3n) is 6.33. The van der Waals surface area contributed by atoms with E-state index in [-0.39, 0.29) is 11.7 Å². The lowest BCUT2D eigenvalue weighted by atomic mass is 9.99. The van der Waals surface area contributed by atoms with Crippen molar-refractivity contribution in [3.05, 3.63) is 78.1 Å². The number of rotatable bonds is 7. The Morgan fingerprint density at radius 1 is 1.11 bits per heavy atom. The molecule has 0 aliphatic carbocycles. The second-order valence-corrected chi connectivity index (χ2v) is 8.72. The van der Waals surface area contributed by atoms with Crippen LogP contribution < -0.4 is 5.32 Å². The highest BCUT2D eigenvalue weighted by Crippen LogP contribution is 2.31. The molecule has 4 aromatic rings. The molecule has 1 aromatic carbocycles. The molecule has 0 spiro atoms. The molecule has 0 saturated carbocycles. The van der Waals surface area contributed by atoms with Gasteiger partial charge in [-0.3, -0.25) is 19.1 Å². The van der Waals surface area contributed by atoms with Crippen LogP contribution in [-0.4, -0.2) is 64.6 Å². The smallest absolute Gasteiger partial charge is 0.269 e. The summed E-state index contributed by atoms with van der Waals surface area (Å²) in [6, 6.07) is 12.7. The van der Waals surface area contributed by atoms with Crippen LogP contribution in [0.15, 0.2) is 61.1 Å². The van der Waals surface area contributed by atoms with Crippen molar-refractivity contribution in [1.82, 2.24) is 24.6 Å². The maximum atomic E-state index is 13.8. The summed E-state index contributed by atoms with van der Waals surface area (Å²) in [5.41, 5.74) is 5.11. The zero-order chi connectivity index (χ0) is 24.2. The van der Waals surface area contributed by atoms with E-state index in [2.05, 4.69) is 20.2 Å². The summed E-state index contributed by atoms with van der Waals surface area (Å²) in [5, 5.41) is 3.02. The van der Waals surface area contributed by atoms with Crippen molar-refractivity contribution >= 4 is 11.6 Å². The molecule has 7 nitrogen and oxygen atoms in total. The molecule has 0 radical (unpaired) electrons. The Hall–Kier alpha value is -3.62. The number of carbonyl (C=O) groups excluding carboxylic acids is 1. The first-order valence-electron chi connectivity index (χ1n) is 11.9. The molecular weight excluding hydrogens is 445 g/mol. The van der Waals surface area contributed by atoms with Crippen LogP contribution in [0.25, 0.3) is 28.0 Å². The van der Waals surface area contributed by atoms with Gasteiger partial charge in [0.1, 0.15) is 17.2 Å². The summed E-state index contributed by atoms with van der Waals surface area (Å²) in [6.45, 7) is 6.71. The fourth-order valence-electron chi connectivity index (χ4n) is 4.39. The highest BCUT2D eigenvalue weighted by molar-refractivity contribution is 5.93. The van der Waals surface area contributed by atoms with E-state index in [1.54, 1.807) is 35.9 Å². The maximum Gasteiger partial charge on any atom is 0.269 e. The Morgan fingerprint density at radius 3 is 2.77 bits per heavy atom. The van der Waals surface area contributed by atoms with Crippen molar-refractivity contribution in [1.29, 1.82) is 0 Å². The van der Waals surface area contributed by atoms with E-state index in [4.69, 9.17) is 4.74 Å². The summed E-state index contributed by atoms with van der Waals surface area (Å²) < 4.78 is 21.0. The van der Waals surface area contributed by atoms with Crippen LogP contribution in [0, 0.1) is 12.7 Å². The van der Waals surface area contributed by atoms with E-state index in [0.29, 0.717) is 23.4 Å². The molecule has 1 N–H and O–H groups in total. The summed E-state index contributed by atoms with van der Waals surface area (Å²) >= 11 is 0. The number of aryl methyl sites for hydroxylation is 1. The molecule has 5 rings (SSSR count). The molecule has 180 valence electrons. The Morgan fingerprint density at radius 2 is 1.94 bits per heavy atom. The standard InChI is InChI=1S/C27H28FN5O2/c1-19-16-20(5-7-23(19)28)26-22(4-2-9-29-26)21-6-8-25-31-17-24(33(25)18-21)27(34)30-10-3-11-32-12-14-35-15-13-32/h2,4-9,16-18H,3,10-15H2,1H3,(H,30,34). The summed E-state index contributed by atoms with van der Waals surface area (Å²) in [7, 11) is 0. The minimum atomic E-state index is -0.244. The van der Waals surface area contributed by atoms with Gasteiger partial charge in [-0.15, -0.1) is 0 Å². The van der Waals surface area contributed by atoms with Gasteiger partial charge in [0, 0.05) is 48.7 Å². The first kappa shape index (κ1) is 23.1. The Labute approximate surface area is 203 Å². The van der Waals surface area contributed by atoms with Gasteiger partial charge in [0.15, 0.2) is 0 Å². The van der Waals surface area contributed by atoms with Gasteiger partial charge in [-0.2, -0.15) is 0 Å². The first-order chi connectivity index (χ1) is 17.1. The lowest BCUT2D eigenvalue weighted by Gasteiger charge is -2.26. The summed E-state index contributed by atoms with van der Waals surface area (Å²) in [4.78, 5) is 24.2. The minimum absolute atomic E-state index is 0.155. The van der Waals surface area contributed by atoms with E-state index in [9.17, 15) is 9.18 Å². The number of hydrogen-bond donors (Lipinski definition) is 1. The Balaban J connectivity index is 1.36. The molecule has 3 aromatic heterocycles. The summed E-state index contributed by atoms with van der Waals surface area (Å²) in [6.07, 6.45) is 6.11. The second-order valence-electron chi connectivity index (χ2n) is 8.72. The number of halogens is 1. The van der Waals surface area contributed by atoms with Gasteiger partial charge in [0.2, 0.25) is 0 Å². The number of pyridine rings is 2. The van der Waals surface area contributed by atoms with Gasteiger partial charge in [0.05, 0.1) is 25.1 Å². The van der Waals surface area contributed by atoms with Crippen molar-refractivity contribution in [2.45, 2.75) is 13.3 Å². The SMILES string of the molecule is Cc1cc(-c2ncccc2-c2ccc3ncc(C(=O)NCCCN4CCOCC4)n3c2)ccc1F. The average Bonchev–Trinajstić information content (AvgIpc) is 3.32. The van der Waals surface area contributed by atoms with Crippen LogP contribution in [0.1, 0.15) is 22.5 Å². The molecule has 0 unspecified atom stereocenters. The predicted molar refractivity (Wildman–Crippen MR) is 133 cm³/mol.